The fourth-order valence-corrected chi connectivity index (χ4v) is 3.92. The van der Waals surface area contributed by atoms with Crippen LogP contribution in [0.1, 0.15) is 18.4 Å². The van der Waals surface area contributed by atoms with Crippen molar-refractivity contribution in [2.24, 2.45) is 0 Å². The van der Waals surface area contributed by atoms with E-state index in [9.17, 15) is 14.7 Å². The van der Waals surface area contributed by atoms with Crippen LogP contribution < -0.4 is 5.32 Å². The van der Waals surface area contributed by atoms with Crippen molar-refractivity contribution < 1.29 is 14.7 Å². The Morgan fingerprint density at radius 2 is 1.74 bits per heavy atom. The summed E-state index contributed by atoms with van der Waals surface area (Å²) in [6.45, 7) is 1.25. The smallest absolute Gasteiger partial charge is 0.314 e. The summed E-state index contributed by atoms with van der Waals surface area (Å²) in [4.78, 5) is 26.3. The van der Waals surface area contributed by atoms with Gasteiger partial charge < -0.3 is 10.4 Å². The zero-order valence-corrected chi connectivity index (χ0v) is 16.1. The first-order chi connectivity index (χ1) is 12.9. The lowest BCUT2D eigenvalue weighted by Gasteiger charge is -2.39. The van der Waals surface area contributed by atoms with Crippen LogP contribution in [-0.2, 0) is 15.0 Å². The average Bonchev–Trinajstić information content (AvgIpc) is 2.65. The minimum Gasteiger partial charge on any atom is -0.481 e. The van der Waals surface area contributed by atoms with Gasteiger partial charge in [0, 0.05) is 18.1 Å². The highest BCUT2D eigenvalue weighted by Crippen LogP contribution is 2.36. The number of carbonyl (C=O) groups is 2. The van der Waals surface area contributed by atoms with Crippen molar-refractivity contribution in [1.82, 2.24) is 4.90 Å². The molecule has 1 aliphatic heterocycles. The SMILES string of the molecule is O=C(CN1CCC(C(=O)O)(c2ccccc2)CC1)Nc1ccc(Cl)cc1Cl. The predicted octanol–water partition coefficient (Wildman–Crippen LogP) is 4.05. The van der Waals surface area contributed by atoms with Crippen molar-refractivity contribution in [3.63, 3.8) is 0 Å². The lowest BCUT2D eigenvalue weighted by Crippen LogP contribution is -2.49. The third kappa shape index (κ3) is 4.43. The molecule has 0 spiro atoms. The Hall–Kier alpha value is -2.08. The summed E-state index contributed by atoms with van der Waals surface area (Å²) in [6.07, 6.45) is 0.919. The second kappa shape index (κ2) is 8.30. The van der Waals surface area contributed by atoms with Crippen LogP contribution in [0.15, 0.2) is 48.5 Å². The van der Waals surface area contributed by atoms with Gasteiger partial charge >= 0.3 is 5.97 Å². The molecule has 0 aromatic heterocycles. The summed E-state index contributed by atoms with van der Waals surface area (Å²) in [5, 5.41) is 13.5. The van der Waals surface area contributed by atoms with Crippen molar-refractivity contribution in [2.45, 2.75) is 18.3 Å². The Bertz CT molecular complexity index is 834. The zero-order chi connectivity index (χ0) is 19.4. The molecule has 7 heteroatoms. The number of carbonyl (C=O) groups excluding carboxylic acids is 1. The maximum Gasteiger partial charge on any atom is 0.314 e. The number of aliphatic carboxylic acids is 1. The monoisotopic (exact) mass is 406 g/mol. The molecule has 0 aliphatic carbocycles. The fourth-order valence-electron chi connectivity index (χ4n) is 3.46. The third-order valence-electron chi connectivity index (χ3n) is 5.02. The van der Waals surface area contributed by atoms with E-state index in [0.717, 1.165) is 5.56 Å². The summed E-state index contributed by atoms with van der Waals surface area (Å²) >= 11 is 11.9. The Balaban J connectivity index is 1.61. The molecule has 142 valence electrons. The largest absolute Gasteiger partial charge is 0.481 e. The Morgan fingerprint density at radius 1 is 1.07 bits per heavy atom. The number of carboxylic acids is 1. The molecule has 1 aliphatic rings. The molecule has 2 N–H and O–H groups in total. The number of carboxylic acid groups (broad SMARTS) is 1. The molecule has 0 radical (unpaired) electrons. The number of amides is 1. The quantitative estimate of drug-likeness (QED) is 0.785. The molecule has 27 heavy (non-hydrogen) atoms. The highest BCUT2D eigenvalue weighted by molar-refractivity contribution is 6.36. The number of benzene rings is 2. The van der Waals surface area contributed by atoms with Crippen molar-refractivity contribution in [3.05, 3.63) is 64.1 Å². The molecule has 5 nitrogen and oxygen atoms in total. The predicted molar refractivity (Wildman–Crippen MR) is 107 cm³/mol. The molecule has 1 saturated heterocycles. The summed E-state index contributed by atoms with van der Waals surface area (Å²) in [5.41, 5.74) is 0.426. The van der Waals surface area contributed by atoms with E-state index < -0.39 is 11.4 Å². The number of hydrogen-bond acceptors (Lipinski definition) is 3. The Kier molecular flexibility index (Phi) is 6.05. The van der Waals surface area contributed by atoms with Gasteiger partial charge in [0.15, 0.2) is 0 Å². The molecule has 3 rings (SSSR count). The van der Waals surface area contributed by atoms with Crippen LogP contribution in [0, 0.1) is 0 Å². The molecule has 2 aromatic rings. The summed E-state index contributed by atoms with van der Waals surface area (Å²) in [6, 6.07) is 14.2. The van der Waals surface area contributed by atoms with E-state index in [1.165, 1.54) is 0 Å². The lowest BCUT2D eigenvalue weighted by molar-refractivity contribution is -0.146. The van der Waals surface area contributed by atoms with Gasteiger partial charge in [0.2, 0.25) is 5.91 Å². The van der Waals surface area contributed by atoms with Gasteiger partial charge in [-0.25, -0.2) is 0 Å². The van der Waals surface area contributed by atoms with Crippen molar-refractivity contribution in [3.8, 4) is 0 Å². The Labute approximate surface area is 167 Å². The van der Waals surface area contributed by atoms with Crippen LogP contribution in [0.25, 0.3) is 0 Å². The number of piperidine rings is 1. The normalized spacial score (nSPS) is 16.7. The number of nitrogens with one attached hydrogen (secondary N) is 1. The van der Waals surface area contributed by atoms with Crippen molar-refractivity contribution in [1.29, 1.82) is 0 Å². The van der Waals surface area contributed by atoms with E-state index in [-0.39, 0.29) is 12.5 Å². The van der Waals surface area contributed by atoms with Gasteiger partial charge in [0.05, 0.1) is 22.7 Å². The Morgan fingerprint density at radius 3 is 2.33 bits per heavy atom. The van der Waals surface area contributed by atoms with E-state index in [2.05, 4.69) is 5.32 Å². The van der Waals surface area contributed by atoms with E-state index in [0.29, 0.717) is 41.7 Å². The second-order valence-electron chi connectivity index (χ2n) is 6.70. The number of likely N-dealkylation sites (tertiary alicyclic amines) is 1. The first kappa shape index (κ1) is 19.7. The van der Waals surface area contributed by atoms with Crippen molar-refractivity contribution in [2.75, 3.05) is 25.0 Å². The first-order valence-corrected chi connectivity index (χ1v) is 9.42. The molecule has 0 atom stereocenters. The maximum atomic E-state index is 12.3. The average molecular weight is 407 g/mol. The number of rotatable bonds is 5. The summed E-state index contributed by atoms with van der Waals surface area (Å²) < 4.78 is 0. The molecular weight excluding hydrogens is 387 g/mol. The molecule has 1 fully saturated rings. The van der Waals surface area contributed by atoms with Crippen LogP contribution in [0.4, 0.5) is 5.69 Å². The second-order valence-corrected chi connectivity index (χ2v) is 7.55. The van der Waals surface area contributed by atoms with E-state index in [1.807, 2.05) is 35.2 Å². The van der Waals surface area contributed by atoms with Gasteiger partial charge in [-0.05, 0) is 36.6 Å². The topological polar surface area (TPSA) is 69.6 Å². The van der Waals surface area contributed by atoms with Gasteiger partial charge in [0.1, 0.15) is 0 Å². The minimum atomic E-state index is -0.895. The highest BCUT2D eigenvalue weighted by atomic mass is 35.5. The maximum absolute atomic E-state index is 12.3. The molecule has 0 saturated carbocycles. The minimum absolute atomic E-state index is 0.184. The van der Waals surface area contributed by atoms with Crippen molar-refractivity contribution >= 4 is 40.8 Å². The van der Waals surface area contributed by atoms with Crippen LogP contribution in [0.3, 0.4) is 0 Å². The molecular formula is C20H20Cl2N2O3. The first-order valence-electron chi connectivity index (χ1n) is 8.67. The van der Waals surface area contributed by atoms with Gasteiger partial charge in [-0.15, -0.1) is 0 Å². The number of hydrogen-bond donors (Lipinski definition) is 2. The van der Waals surface area contributed by atoms with E-state index >= 15 is 0 Å². The van der Waals surface area contributed by atoms with Gasteiger partial charge in [-0.1, -0.05) is 53.5 Å². The molecule has 1 heterocycles. The van der Waals surface area contributed by atoms with Crippen LogP contribution in [0.5, 0.6) is 0 Å². The fraction of sp³-hybridized carbons (Fsp3) is 0.300. The molecule has 2 aromatic carbocycles. The lowest BCUT2D eigenvalue weighted by atomic mass is 9.73. The number of halogens is 2. The molecule has 0 unspecified atom stereocenters. The summed E-state index contributed by atoms with van der Waals surface area (Å²) in [5.74, 6) is -1.01. The molecule has 1 amide bonds. The number of anilines is 1. The zero-order valence-electron chi connectivity index (χ0n) is 14.6. The van der Waals surface area contributed by atoms with Gasteiger partial charge in [-0.3, -0.25) is 14.5 Å². The van der Waals surface area contributed by atoms with Gasteiger partial charge in [-0.2, -0.15) is 0 Å². The molecule has 0 bridgehead atoms. The standard InChI is InChI=1S/C20H20Cl2N2O3/c21-15-6-7-17(16(22)12-15)23-18(25)13-24-10-8-20(9-11-24,19(26)27)14-4-2-1-3-5-14/h1-7,12H,8-11,13H2,(H,23,25)(H,26,27). The number of nitrogens with zero attached hydrogens (tertiary/aromatic N) is 1. The summed E-state index contributed by atoms with van der Waals surface area (Å²) in [7, 11) is 0. The van der Waals surface area contributed by atoms with E-state index in [4.69, 9.17) is 23.2 Å². The highest BCUT2D eigenvalue weighted by Gasteiger charge is 2.43. The third-order valence-corrected chi connectivity index (χ3v) is 5.57. The van der Waals surface area contributed by atoms with Crippen LogP contribution in [0.2, 0.25) is 10.0 Å². The van der Waals surface area contributed by atoms with Gasteiger partial charge in [0.25, 0.3) is 0 Å². The van der Waals surface area contributed by atoms with E-state index in [1.54, 1.807) is 18.2 Å². The van der Waals surface area contributed by atoms with Crippen LogP contribution >= 0.6 is 23.2 Å². The van der Waals surface area contributed by atoms with Crippen LogP contribution in [-0.4, -0.2) is 41.5 Å².